The molecule has 0 fully saturated rings. The molecular weight excluding hydrogens is 232 g/mol. The van der Waals surface area contributed by atoms with E-state index in [4.69, 9.17) is 5.11 Å². The number of esters is 1. The van der Waals surface area contributed by atoms with Gasteiger partial charge in [-0.1, -0.05) is 6.58 Å². The number of halogens is 4. The highest BCUT2D eigenvalue weighted by molar-refractivity contribution is 5.87. The van der Waals surface area contributed by atoms with Crippen LogP contribution in [-0.4, -0.2) is 36.1 Å². The average Bonchev–Trinajstić information content (AvgIpc) is 2.15. The van der Waals surface area contributed by atoms with E-state index in [-0.39, 0.29) is 5.57 Å². The lowest BCUT2D eigenvalue weighted by molar-refractivity contribution is -0.169. The Hall–Kier alpha value is -1.11. The van der Waals surface area contributed by atoms with Crippen LogP contribution in [0.1, 0.15) is 13.3 Å². The van der Waals surface area contributed by atoms with Gasteiger partial charge in [-0.15, -0.1) is 0 Å². The molecule has 1 N–H and O–H groups in total. The number of hydrogen-bond acceptors (Lipinski definition) is 3. The largest absolute Gasteiger partial charge is 0.456 e. The first-order chi connectivity index (χ1) is 7.20. The lowest BCUT2D eigenvalue weighted by atomic mass is 10.1. The molecule has 0 bridgehead atoms. The van der Waals surface area contributed by atoms with Crippen molar-refractivity contribution in [2.45, 2.75) is 31.8 Å². The molecule has 16 heavy (non-hydrogen) atoms. The third-order valence-electron chi connectivity index (χ3n) is 1.64. The van der Waals surface area contributed by atoms with Crippen LogP contribution >= 0.6 is 0 Å². The van der Waals surface area contributed by atoms with Gasteiger partial charge in [-0.3, -0.25) is 0 Å². The van der Waals surface area contributed by atoms with Gasteiger partial charge in [-0.2, -0.15) is 0 Å². The quantitative estimate of drug-likeness (QED) is 0.440. The standard InChI is InChI=1S/C9H12F4O3/c1-5(2)7(15)16-6(4-14)3-9(12,13)8(10)11/h6,8,14H,1,3-4H2,2H3. The highest BCUT2D eigenvalue weighted by atomic mass is 19.3. The average molecular weight is 244 g/mol. The molecule has 0 rings (SSSR count). The van der Waals surface area contributed by atoms with Crippen LogP contribution in [-0.2, 0) is 9.53 Å². The minimum Gasteiger partial charge on any atom is -0.456 e. The van der Waals surface area contributed by atoms with E-state index in [9.17, 15) is 22.4 Å². The van der Waals surface area contributed by atoms with Gasteiger partial charge in [0.25, 0.3) is 0 Å². The zero-order valence-corrected chi connectivity index (χ0v) is 8.55. The van der Waals surface area contributed by atoms with Crippen molar-refractivity contribution in [1.82, 2.24) is 0 Å². The molecule has 0 radical (unpaired) electrons. The number of hydrogen-bond donors (Lipinski definition) is 1. The molecule has 94 valence electrons. The number of aliphatic hydroxyl groups is 1. The smallest absolute Gasteiger partial charge is 0.333 e. The van der Waals surface area contributed by atoms with E-state index < -0.39 is 37.4 Å². The first-order valence-corrected chi connectivity index (χ1v) is 4.34. The van der Waals surface area contributed by atoms with E-state index in [1.54, 1.807) is 0 Å². The summed E-state index contributed by atoms with van der Waals surface area (Å²) in [7, 11) is 0. The van der Waals surface area contributed by atoms with E-state index in [1.165, 1.54) is 6.92 Å². The molecule has 0 aliphatic heterocycles. The summed E-state index contributed by atoms with van der Waals surface area (Å²) in [6.07, 6.45) is -6.97. The lowest BCUT2D eigenvalue weighted by Gasteiger charge is -2.21. The van der Waals surface area contributed by atoms with Crippen LogP contribution in [0.25, 0.3) is 0 Å². The van der Waals surface area contributed by atoms with Crippen molar-refractivity contribution in [3.63, 3.8) is 0 Å². The number of carbonyl (C=O) groups excluding carboxylic acids is 1. The minimum absolute atomic E-state index is 0.0705. The number of rotatable bonds is 6. The fourth-order valence-electron chi connectivity index (χ4n) is 0.788. The SMILES string of the molecule is C=C(C)C(=O)OC(CO)CC(F)(F)C(F)F. The van der Waals surface area contributed by atoms with Gasteiger partial charge in [0.1, 0.15) is 6.10 Å². The van der Waals surface area contributed by atoms with Crippen LogP contribution < -0.4 is 0 Å². The highest BCUT2D eigenvalue weighted by Crippen LogP contribution is 2.29. The first kappa shape index (κ1) is 14.9. The zero-order valence-electron chi connectivity index (χ0n) is 8.55. The Balaban J connectivity index is 4.42. The van der Waals surface area contributed by atoms with E-state index in [0.717, 1.165) is 0 Å². The highest BCUT2D eigenvalue weighted by Gasteiger charge is 2.43. The number of carbonyl (C=O) groups is 1. The first-order valence-electron chi connectivity index (χ1n) is 4.34. The summed E-state index contributed by atoms with van der Waals surface area (Å²) < 4.78 is 53.1. The molecule has 0 aliphatic rings. The maximum Gasteiger partial charge on any atom is 0.333 e. The minimum atomic E-state index is -4.30. The van der Waals surface area contributed by atoms with E-state index in [2.05, 4.69) is 11.3 Å². The van der Waals surface area contributed by atoms with E-state index >= 15 is 0 Å². The fraction of sp³-hybridized carbons (Fsp3) is 0.667. The van der Waals surface area contributed by atoms with Gasteiger partial charge < -0.3 is 9.84 Å². The Morgan fingerprint density at radius 1 is 1.50 bits per heavy atom. The van der Waals surface area contributed by atoms with Crippen LogP contribution in [0.15, 0.2) is 12.2 Å². The predicted octanol–water partition coefficient (Wildman–Crippen LogP) is 1.76. The van der Waals surface area contributed by atoms with Gasteiger partial charge in [0.2, 0.25) is 0 Å². The molecule has 0 saturated heterocycles. The fourth-order valence-corrected chi connectivity index (χ4v) is 0.788. The summed E-state index contributed by atoms with van der Waals surface area (Å²) in [4.78, 5) is 10.9. The summed E-state index contributed by atoms with van der Waals surface area (Å²) in [5.74, 6) is -5.31. The molecule has 0 saturated carbocycles. The molecule has 0 spiro atoms. The molecule has 7 heteroatoms. The Kier molecular flexibility index (Phi) is 5.43. The zero-order chi connectivity index (χ0) is 12.9. The van der Waals surface area contributed by atoms with Crippen LogP contribution in [0.2, 0.25) is 0 Å². The summed E-state index contributed by atoms with van der Waals surface area (Å²) in [6, 6.07) is 0. The molecule has 0 aromatic heterocycles. The van der Waals surface area contributed by atoms with Crippen LogP contribution in [0.4, 0.5) is 17.6 Å². The molecule has 0 heterocycles. The third kappa shape index (κ3) is 4.61. The topological polar surface area (TPSA) is 46.5 Å². The number of ether oxygens (including phenoxy) is 1. The van der Waals surface area contributed by atoms with Crippen LogP contribution in [0.5, 0.6) is 0 Å². The summed E-state index contributed by atoms with van der Waals surface area (Å²) in [5, 5.41) is 8.62. The van der Waals surface area contributed by atoms with Gasteiger partial charge in [0, 0.05) is 5.57 Å². The second-order valence-corrected chi connectivity index (χ2v) is 3.26. The van der Waals surface area contributed by atoms with Crippen LogP contribution in [0, 0.1) is 0 Å². The van der Waals surface area contributed by atoms with Crippen molar-refractivity contribution in [2.75, 3.05) is 6.61 Å². The van der Waals surface area contributed by atoms with Gasteiger partial charge >= 0.3 is 18.3 Å². The normalized spacial score (nSPS) is 13.7. The maximum atomic E-state index is 12.6. The monoisotopic (exact) mass is 244 g/mol. The van der Waals surface area contributed by atoms with Crippen molar-refractivity contribution in [3.8, 4) is 0 Å². The van der Waals surface area contributed by atoms with Gasteiger partial charge in [-0.25, -0.2) is 22.4 Å². The molecular formula is C9H12F4O3. The molecule has 0 aromatic rings. The van der Waals surface area contributed by atoms with Crippen molar-refractivity contribution in [1.29, 1.82) is 0 Å². The Morgan fingerprint density at radius 3 is 2.31 bits per heavy atom. The van der Waals surface area contributed by atoms with E-state index in [0.29, 0.717) is 0 Å². The molecule has 3 nitrogen and oxygen atoms in total. The Morgan fingerprint density at radius 2 is 2.00 bits per heavy atom. The Labute approximate surface area is 89.7 Å². The second-order valence-electron chi connectivity index (χ2n) is 3.26. The predicted molar refractivity (Wildman–Crippen MR) is 47.3 cm³/mol. The van der Waals surface area contributed by atoms with Crippen molar-refractivity contribution < 1.29 is 32.2 Å². The molecule has 0 aromatic carbocycles. The molecule has 1 atom stereocenters. The lowest BCUT2D eigenvalue weighted by Crippen LogP contribution is -2.35. The van der Waals surface area contributed by atoms with Crippen molar-refractivity contribution in [2.24, 2.45) is 0 Å². The second kappa shape index (κ2) is 5.83. The van der Waals surface area contributed by atoms with Gasteiger partial charge in [0.05, 0.1) is 13.0 Å². The van der Waals surface area contributed by atoms with E-state index in [1.807, 2.05) is 0 Å². The van der Waals surface area contributed by atoms with Crippen molar-refractivity contribution >= 4 is 5.97 Å². The summed E-state index contributed by atoms with van der Waals surface area (Å²) >= 11 is 0. The number of aliphatic hydroxyl groups excluding tert-OH is 1. The molecule has 0 aliphatic carbocycles. The third-order valence-corrected chi connectivity index (χ3v) is 1.64. The van der Waals surface area contributed by atoms with Gasteiger partial charge in [-0.05, 0) is 6.92 Å². The molecule has 1 unspecified atom stereocenters. The van der Waals surface area contributed by atoms with Crippen molar-refractivity contribution in [3.05, 3.63) is 12.2 Å². The number of alkyl halides is 4. The molecule has 0 amide bonds. The summed E-state index contributed by atoms with van der Waals surface area (Å²) in [6.45, 7) is 3.49. The van der Waals surface area contributed by atoms with Crippen LogP contribution in [0.3, 0.4) is 0 Å². The summed E-state index contributed by atoms with van der Waals surface area (Å²) in [5.41, 5.74) is -0.0705. The van der Waals surface area contributed by atoms with Gasteiger partial charge in [0.15, 0.2) is 0 Å². The maximum absolute atomic E-state index is 12.6. The Bertz CT molecular complexity index is 265.